The summed E-state index contributed by atoms with van der Waals surface area (Å²) in [5.74, 6) is 0.208. The van der Waals surface area contributed by atoms with E-state index in [-0.39, 0.29) is 11.8 Å². The largest absolute Gasteiger partial charge is 0.357 e. The molecular formula is C16H19N3O2S. The van der Waals surface area contributed by atoms with Gasteiger partial charge in [-0.05, 0) is 23.1 Å². The number of rotatable bonds is 3. The van der Waals surface area contributed by atoms with Gasteiger partial charge in [0.05, 0.1) is 11.3 Å². The summed E-state index contributed by atoms with van der Waals surface area (Å²) in [7, 11) is 1.95. The van der Waals surface area contributed by atoms with Gasteiger partial charge in [0.25, 0.3) is 5.91 Å². The molecule has 1 fully saturated rings. The Hall–Kier alpha value is -2.08. The van der Waals surface area contributed by atoms with Gasteiger partial charge in [0.15, 0.2) is 0 Å². The van der Waals surface area contributed by atoms with Crippen molar-refractivity contribution in [2.45, 2.75) is 6.42 Å². The second kappa shape index (κ2) is 6.36. The molecule has 0 aromatic carbocycles. The third kappa shape index (κ3) is 3.22. The maximum atomic E-state index is 12.3. The van der Waals surface area contributed by atoms with Gasteiger partial charge < -0.3 is 14.4 Å². The maximum absolute atomic E-state index is 12.3. The topological polar surface area (TPSA) is 45.6 Å². The minimum absolute atomic E-state index is 0.0742. The van der Waals surface area contributed by atoms with E-state index in [2.05, 4.69) is 0 Å². The molecule has 1 aliphatic rings. The average molecular weight is 317 g/mol. The van der Waals surface area contributed by atoms with E-state index < -0.39 is 0 Å². The predicted octanol–water partition coefficient (Wildman–Crippen LogP) is 1.61. The van der Waals surface area contributed by atoms with E-state index in [0.717, 1.165) is 10.4 Å². The fourth-order valence-corrected chi connectivity index (χ4v) is 3.36. The number of carbonyl (C=O) groups excluding carboxylic acids is 2. The van der Waals surface area contributed by atoms with Gasteiger partial charge in [0.1, 0.15) is 0 Å². The lowest BCUT2D eigenvalue weighted by atomic mass is 10.2. The Morgan fingerprint density at radius 1 is 1.14 bits per heavy atom. The number of thiophene rings is 1. The normalized spacial score (nSPS) is 15.1. The minimum atomic E-state index is 0.0742. The van der Waals surface area contributed by atoms with Crippen LogP contribution in [0.15, 0.2) is 36.0 Å². The van der Waals surface area contributed by atoms with Crippen LogP contribution in [0.2, 0.25) is 0 Å². The van der Waals surface area contributed by atoms with E-state index in [1.54, 1.807) is 0 Å². The average Bonchev–Trinajstić information content (AvgIpc) is 3.18. The van der Waals surface area contributed by atoms with E-state index in [4.69, 9.17) is 0 Å². The standard InChI is InChI=1S/C16H19N3O2S/c1-17-5-4-13(12-17)11-15(20)18-6-8-19(9-7-18)16(21)14-3-2-10-22-14/h2-5,10,12H,6-9,11H2,1H3. The van der Waals surface area contributed by atoms with Gasteiger partial charge in [0.2, 0.25) is 5.91 Å². The predicted molar refractivity (Wildman–Crippen MR) is 85.9 cm³/mol. The van der Waals surface area contributed by atoms with Crippen LogP contribution in [0.5, 0.6) is 0 Å². The zero-order chi connectivity index (χ0) is 15.5. The van der Waals surface area contributed by atoms with Gasteiger partial charge in [-0.25, -0.2) is 0 Å². The Balaban J connectivity index is 1.53. The Kier molecular flexibility index (Phi) is 4.29. The summed E-state index contributed by atoms with van der Waals surface area (Å²) in [4.78, 5) is 29.0. The van der Waals surface area contributed by atoms with Crippen LogP contribution in [0.3, 0.4) is 0 Å². The smallest absolute Gasteiger partial charge is 0.264 e. The molecule has 0 saturated carbocycles. The van der Waals surface area contributed by atoms with Crippen molar-refractivity contribution in [1.82, 2.24) is 14.4 Å². The Morgan fingerprint density at radius 3 is 2.45 bits per heavy atom. The number of hydrogen-bond donors (Lipinski definition) is 0. The molecular weight excluding hydrogens is 298 g/mol. The number of piperazine rings is 1. The molecule has 1 saturated heterocycles. The first-order valence-corrected chi connectivity index (χ1v) is 8.23. The van der Waals surface area contributed by atoms with Crippen molar-refractivity contribution in [1.29, 1.82) is 0 Å². The Bertz CT molecular complexity index is 655. The monoisotopic (exact) mass is 317 g/mol. The molecule has 22 heavy (non-hydrogen) atoms. The van der Waals surface area contributed by atoms with Crippen LogP contribution in [0.1, 0.15) is 15.2 Å². The van der Waals surface area contributed by atoms with Crippen molar-refractivity contribution in [2.75, 3.05) is 26.2 Å². The van der Waals surface area contributed by atoms with Crippen LogP contribution >= 0.6 is 11.3 Å². The number of aromatic nitrogens is 1. The maximum Gasteiger partial charge on any atom is 0.264 e. The van der Waals surface area contributed by atoms with E-state index in [0.29, 0.717) is 32.6 Å². The molecule has 116 valence electrons. The fraction of sp³-hybridized carbons (Fsp3) is 0.375. The second-order valence-electron chi connectivity index (χ2n) is 5.51. The lowest BCUT2D eigenvalue weighted by Crippen LogP contribution is -2.50. The van der Waals surface area contributed by atoms with Crippen LogP contribution in [-0.4, -0.2) is 52.4 Å². The molecule has 3 rings (SSSR count). The molecule has 0 atom stereocenters. The quantitative estimate of drug-likeness (QED) is 0.863. The highest BCUT2D eigenvalue weighted by Gasteiger charge is 2.25. The highest BCUT2D eigenvalue weighted by molar-refractivity contribution is 7.12. The summed E-state index contributed by atoms with van der Waals surface area (Å²) in [5, 5.41) is 1.91. The molecule has 0 unspecified atom stereocenters. The first kappa shape index (κ1) is 14.8. The molecule has 5 nitrogen and oxygen atoms in total. The van der Waals surface area contributed by atoms with Crippen LogP contribution < -0.4 is 0 Å². The highest BCUT2D eigenvalue weighted by Crippen LogP contribution is 2.14. The third-order valence-electron chi connectivity index (χ3n) is 3.90. The third-order valence-corrected chi connectivity index (χ3v) is 4.76. The second-order valence-corrected chi connectivity index (χ2v) is 6.46. The van der Waals surface area contributed by atoms with Gasteiger partial charge >= 0.3 is 0 Å². The molecule has 0 radical (unpaired) electrons. The minimum Gasteiger partial charge on any atom is -0.357 e. The van der Waals surface area contributed by atoms with E-state index in [1.807, 2.05) is 57.4 Å². The highest BCUT2D eigenvalue weighted by atomic mass is 32.1. The lowest BCUT2D eigenvalue weighted by Gasteiger charge is -2.34. The molecule has 3 heterocycles. The summed E-state index contributed by atoms with van der Waals surface area (Å²) >= 11 is 1.46. The van der Waals surface area contributed by atoms with Crippen LogP contribution in [0, 0.1) is 0 Å². The lowest BCUT2D eigenvalue weighted by molar-refractivity contribution is -0.131. The first-order valence-electron chi connectivity index (χ1n) is 7.35. The zero-order valence-corrected chi connectivity index (χ0v) is 13.4. The van der Waals surface area contributed by atoms with Gasteiger partial charge in [-0.2, -0.15) is 0 Å². The SMILES string of the molecule is Cn1ccc(CC(=O)N2CCN(C(=O)c3cccs3)CC2)c1. The van der Waals surface area contributed by atoms with Crippen LogP contribution in [0.25, 0.3) is 0 Å². The molecule has 0 aliphatic carbocycles. The van der Waals surface area contributed by atoms with Crippen molar-refractivity contribution in [3.63, 3.8) is 0 Å². The molecule has 0 bridgehead atoms. The van der Waals surface area contributed by atoms with Crippen molar-refractivity contribution in [3.8, 4) is 0 Å². The molecule has 0 spiro atoms. The number of amides is 2. The van der Waals surface area contributed by atoms with E-state index in [1.165, 1.54) is 11.3 Å². The van der Waals surface area contributed by atoms with Crippen LogP contribution in [-0.2, 0) is 18.3 Å². The van der Waals surface area contributed by atoms with Crippen molar-refractivity contribution in [3.05, 3.63) is 46.4 Å². The van der Waals surface area contributed by atoms with Crippen molar-refractivity contribution in [2.24, 2.45) is 7.05 Å². The molecule has 0 N–H and O–H groups in total. The molecule has 2 aromatic rings. The number of aryl methyl sites for hydroxylation is 1. The van der Waals surface area contributed by atoms with Gasteiger partial charge in [0, 0.05) is 45.6 Å². The number of nitrogens with zero attached hydrogens (tertiary/aromatic N) is 3. The van der Waals surface area contributed by atoms with Gasteiger partial charge in [-0.3, -0.25) is 9.59 Å². The number of hydrogen-bond acceptors (Lipinski definition) is 3. The Labute approximate surface area is 133 Å². The van der Waals surface area contributed by atoms with E-state index in [9.17, 15) is 9.59 Å². The Morgan fingerprint density at radius 2 is 1.86 bits per heavy atom. The van der Waals surface area contributed by atoms with Crippen molar-refractivity contribution >= 4 is 23.2 Å². The summed E-state index contributed by atoms with van der Waals surface area (Å²) in [6, 6.07) is 5.70. The van der Waals surface area contributed by atoms with Gasteiger partial charge in [-0.15, -0.1) is 11.3 Å². The van der Waals surface area contributed by atoms with E-state index >= 15 is 0 Å². The van der Waals surface area contributed by atoms with Crippen LogP contribution in [0.4, 0.5) is 0 Å². The summed E-state index contributed by atoms with van der Waals surface area (Å²) < 4.78 is 1.94. The molecule has 1 aliphatic heterocycles. The fourth-order valence-electron chi connectivity index (χ4n) is 2.67. The molecule has 2 aromatic heterocycles. The van der Waals surface area contributed by atoms with Gasteiger partial charge in [-0.1, -0.05) is 6.07 Å². The molecule has 6 heteroatoms. The summed E-state index contributed by atoms with van der Waals surface area (Å²) in [5.41, 5.74) is 1.03. The zero-order valence-electron chi connectivity index (χ0n) is 12.6. The number of carbonyl (C=O) groups is 2. The molecule has 2 amide bonds. The summed E-state index contributed by atoms with van der Waals surface area (Å²) in [6.07, 6.45) is 4.34. The first-order chi connectivity index (χ1) is 10.6. The van der Waals surface area contributed by atoms with Crippen molar-refractivity contribution < 1.29 is 9.59 Å². The summed E-state index contributed by atoms with van der Waals surface area (Å²) in [6.45, 7) is 2.44.